The van der Waals surface area contributed by atoms with Crippen molar-refractivity contribution in [2.75, 3.05) is 31.5 Å². The average Bonchev–Trinajstić information content (AvgIpc) is 2.93. The molecule has 1 amide bonds. The highest BCUT2D eigenvalue weighted by Gasteiger charge is 2.49. The van der Waals surface area contributed by atoms with Crippen LogP contribution in [-0.2, 0) is 12.3 Å². The molecule has 0 aliphatic carbocycles. The van der Waals surface area contributed by atoms with Gasteiger partial charge in [-0.1, -0.05) is 30.7 Å². The van der Waals surface area contributed by atoms with E-state index in [1.807, 2.05) is 48.2 Å². The standard InChI is InChI=1S/C21H24FN3O/c1-3-24-9-10-25-13-17-7-8-18(12-19(17)21(25,22)14-24)23-20(26)16-6-4-5-15(2)11-16/h4-8,11-12H,3,9-10,13-14H2,1-2H3,(H,23,26). The molecule has 136 valence electrons. The molecule has 5 heteroatoms. The quantitative estimate of drug-likeness (QED) is 0.858. The Labute approximate surface area is 153 Å². The lowest BCUT2D eigenvalue weighted by Crippen LogP contribution is -2.54. The lowest BCUT2D eigenvalue weighted by molar-refractivity contribution is -0.0886. The zero-order chi connectivity index (χ0) is 18.3. The number of anilines is 1. The zero-order valence-electron chi connectivity index (χ0n) is 15.3. The third-order valence-electron chi connectivity index (χ3n) is 5.49. The SMILES string of the molecule is CCN1CCN2Cc3ccc(NC(=O)c4cccc(C)c4)cc3C2(F)C1. The third-order valence-corrected chi connectivity index (χ3v) is 5.49. The monoisotopic (exact) mass is 353 g/mol. The molecule has 4 nitrogen and oxygen atoms in total. The van der Waals surface area contributed by atoms with Crippen molar-refractivity contribution in [2.45, 2.75) is 26.2 Å². The highest BCUT2D eigenvalue weighted by molar-refractivity contribution is 6.04. The zero-order valence-corrected chi connectivity index (χ0v) is 15.3. The minimum Gasteiger partial charge on any atom is -0.322 e. The number of amides is 1. The van der Waals surface area contributed by atoms with E-state index in [0.717, 1.165) is 30.8 Å². The molecule has 2 aliphatic rings. The van der Waals surface area contributed by atoms with Gasteiger partial charge in [-0.15, -0.1) is 0 Å². The largest absolute Gasteiger partial charge is 0.322 e. The maximum Gasteiger partial charge on any atom is 0.255 e. The van der Waals surface area contributed by atoms with Crippen molar-refractivity contribution in [1.82, 2.24) is 9.80 Å². The Kier molecular flexibility index (Phi) is 4.29. The molecular formula is C21H24FN3O. The fourth-order valence-electron chi connectivity index (χ4n) is 3.99. The van der Waals surface area contributed by atoms with Crippen molar-refractivity contribution < 1.29 is 9.18 Å². The normalized spacial score (nSPS) is 22.7. The van der Waals surface area contributed by atoms with E-state index in [2.05, 4.69) is 17.1 Å². The van der Waals surface area contributed by atoms with E-state index in [1.54, 1.807) is 6.07 Å². The lowest BCUT2D eigenvalue weighted by atomic mass is 10.00. The van der Waals surface area contributed by atoms with E-state index in [-0.39, 0.29) is 5.91 Å². The number of rotatable bonds is 3. The smallest absolute Gasteiger partial charge is 0.255 e. The molecule has 0 saturated carbocycles. The first kappa shape index (κ1) is 17.2. The number of carbonyl (C=O) groups is 1. The van der Waals surface area contributed by atoms with Crippen LogP contribution in [0, 0.1) is 6.92 Å². The van der Waals surface area contributed by atoms with E-state index < -0.39 is 5.79 Å². The van der Waals surface area contributed by atoms with E-state index >= 15 is 4.39 Å². The molecule has 2 aromatic carbocycles. The van der Waals surface area contributed by atoms with Gasteiger partial charge < -0.3 is 5.32 Å². The predicted molar refractivity (Wildman–Crippen MR) is 101 cm³/mol. The van der Waals surface area contributed by atoms with Crippen LogP contribution < -0.4 is 5.32 Å². The summed E-state index contributed by atoms with van der Waals surface area (Å²) in [5, 5.41) is 2.92. The highest BCUT2D eigenvalue weighted by atomic mass is 19.1. The van der Waals surface area contributed by atoms with Gasteiger partial charge in [0.1, 0.15) is 0 Å². The molecule has 1 N–H and O–H groups in total. The van der Waals surface area contributed by atoms with Crippen molar-refractivity contribution >= 4 is 11.6 Å². The molecule has 1 fully saturated rings. The lowest BCUT2D eigenvalue weighted by Gasteiger charge is -2.41. The van der Waals surface area contributed by atoms with Crippen LogP contribution in [0.4, 0.5) is 10.1 Å². The number of piperazine rings is 1. The van der Waals surface area contributed by atoms with Gasteiger partial charge in [0.2, 0.25) is 5.79 Å². The van der Waals surface area contributed by atoms with Crippen LogP contribution in [0.5, 0.6) is 0 Å². The van der Waals surface area contributed by atoms with Crippen LogP contribution in [0.1, 0.15) is 34.0 Å². The van der Waals surface area contributed by atoms with Gasteiger partial charge in [0, 0.05) is 36.4 Å². The Balaban J connectivity index is 1.60. The van der Waals surface area contributed by atoms with E-state index in [9.17, 15) is 4.79 Å². The number of halogens is 1. The highest BCUT2D eigenvalue weighted by Crippen LogP contribution is 2.43. The Bertz CT molecular complexity index is 853. The molecule has 0 aromatic heterocycles. The second-order valence-corrected chi connectivity index (χ2v) is 7.25. The maximum atomic E-state index is 15.9. The molecule has 1 unspecified atom stereocenters. The van der Waals surface area contributed by atoms with E-state index in [1.165, 1.54) is 0 Å². The molecule has 4 rings (SSSR count). The molecule has 1 saturated heterocycles. The summed E-state index contributed by atoms with van der Waals surface area (Å²) in [7, 11) is 0. The summed E-state index contributed by atoms with van der Waals surface area (Å²) < 4.78 is 15.9. The number of aryl methyl sites for hydroxylation is 1. The van der Waals surface area contributed by atoms with E-state index in [4.69, 9.17) is 0 Å². The predicted octanol–water partition coefficient (Wildman–Crippen LogP) is 3.52. The van der Waals surface area contributed by atoms with Crippen LogP contribution in [0.15, 0.2) is 42.5 Å². The molecule has 0 radical (unpaired) electrons. The first-order valence-corrected chi connectivity index (χ1v) is 9.17. The van der Waals surface area contributed by atoms with E-state index in [0.29, 0.717) is 29.9 Å². The van der Waals surface area contributed by atoms with Crippen molar-refractivity contribution in [3.05, 3.63) is 64.7 Å². The van der Waals surface area contributed by atoms with Gasteiger partial charge >= 0.3 is 0 Å². The third kappa shape index (κ3) is 2.91. The second kappa shape index (κ2) is 6.49. The number of benzene rings is 2. The van der Waals surface area contributed by atoms with Gasteiger partial charge in [0.05, 0.1) is 6.54 Å². The summed E-state index contributed by atoms with van der Waals surface area (Å²) in [6.07, 6.45) is 0. The van der Waals surface area contributed by atoms with Crippen LogP contribution in [0.3, 0.4) is 0 Å². The van der Waals surface area contributed by atoms with Crippen molar-refractivity contribution in [3.8, 4) is 0 Å². The van der Waals surface area contributed by atoms with Gasteiger partial charge in [0.25, 0.3) is 5.91 Å². The topological polar surface area (TPSA) is 35.6 Å². The summed E-state index contributed by atoms with van der Waals surface area (Å²) in [4.78, 5) is 16.6. The molecule has 26 heavy (non-hydrogen) atoms. The molecule has 2 aromatic rings. The van der Waals surface area contributed by atoms with Crippen molar-refractivity contribution in [3.63, 3.8) is 0 Å². The second-order valence-electron chi connectivity index (χ2n) is 7.25. The van der Waals surface area contributed by atoms with Gasteiger partial charge in [-0.2, -0.15) is 0 Å². The minimum atomic E-state index is -1.46. The number of fused-ring (bicyclic) bond motifs is 3. The summed E-state index contributed by atoms with van der Waals surface area (Å²) in [5.74, 6) is -1.64. The summed E-state index contributed by atoms with van der Waals surface area (Å²) in [6.45, 7) is 7.50. The summed E-state index contributed by atoms with van der Waals surface area (Å²) in [6, 6.07) is 13.1. The fraction of sp³-hybridized carbons (Fsp3) is 0.381. The number of hydrogen-bond donors (Lipinski definition) is 1. The summed E-state index contributed by atoms with van der Waals surface area (Å²) in [5.41, 5.74) is 3.99. The first-order valence-electron chi connectivity index (χ1n) is 9.17. The van der Waals surface area contributed by atoms with Crippen molar-refractivity contribution in [1.29, 1.82) is 0 Å². The average molecular weight is 353 g/mol. The Morgan fingerprint density at radius 3 is 2.85 bits per heavy atom. The van der Waals surface area contributed by atoms with Crippen LogP contribution in [0.25, 0.3) is 0 Å². The number of nitrogens with one attached hydrogen (secondary N) is 1. The Hall–Kier alpha value is -2.24. The molecule has 1 atom stereocenters. The number of nitrogens with zero attached hydrogens (tertiary/aromatic N) is 2. The molecule has 2 heterocycles. The van der Waals surface area contributed by atoms with Crippen LogP contribution in [0.2, 0.25) is 0 Å². The Morgan fingerprint density at radius 1 is 1.23 bits per heavy atom. The van der Waals surface area contributed by atoms with Gasteiger partial charge in [-0.25, -0.2) is 4.39 Å². The molecule has 0 bridgehead atoms. The number of hydrogen-bond acceptors (Lipinski definition) is 3. The van der Waals surface area contributed by atoms with Gasteiger partial charge in [-0.3, -0.25) is 14.6 Å². The number of carbonyl (C=O) groups excluding carboxylic acids is 1. The Morgan fingerprint density at radius 2 is 2.08 bits per heavy atom. The molecular weight excluding hydrogens is 329 g/mol. The number of alkyl halides is 1. The first-order chi connectivity index (χ1) is 12.5. The fourth-order valence-corrected chi connectivity index (χ4v) is 3.99. The molecule has 2 aliphatic heterocycles. The van der Waals surface area contributed by atoms with Crippen molar-refractivity contribution in [2.24, 2.45) is 0 Å². The minimum absolute atomic E-state index is 0.171. The van der Waals surface area contributed by atoms with Crippen LogP contribution in [-0.4, -0.2) is 41.9 Å². The number of likely N-dealkylation sites (N-methyl/N-ethyl adjacent to an activating group) is 1. The maximum absolute atomic E-state index is 15.9. The summed E-state index contributed by atoms with van der Waals surface area (Å²) >= 11 is 0. The van der Waals surface area contributed by atoms with Gasteiger partial charge in [-0.05, 0) is 43.3 Å². The molecule has 0 spiro atoms. The van der Waals surface area contributed by atoms with Crippen LogP contribution >= 0.6 is 0 Å². The van der Waals surface area contributed by atoms with Gasteiger partial charge in [0.15, 0.2) is 0 Å².